The standard InChI is InChI=1S/C71H125N2O7P/c1-7-10-13-16-19-22-25-28-30-32-34-36-38-40-42-45-48-51-54-57-60-63-70(74)72-68(67-79-81(76,77)78-66-65-73(4,5)6)69(62-59-56-53-50-47-44-27-24-21-18-15-12-9-3)80-71(75)64-61-58-55-52-49-46-43-41-39-37-35-33-31-29-26-23-20-17-14-11-8-2/h11,14,19-20,22-23,28-31,34-37,41,43,59,62,68-69H,7-10,12-13,15-18,21,24-27,32-33,38-40,42,44-58,60-61,63-67H2,1-6H3,(H-,72,74,76,77)/p+1/b14-11-,22-19-,23-20-,30-28-,31-29-,36-34-,37-35-,43-41-,62-59+. The van der Waals surface area contributed by atoms with Gasteiger partial charge in [-0.1, -0.05) is 259 Å². The molecule has 0 aliphatic rings. The molecule has 2 N–H and O–H groups in total. The van der Waals surface area contributed by atoms with Crippen LogP contribution in [0, 0.1) is 0 Å². The molecule has 0 heterocycles. The van der Waals surface area contributed by atoms with E-state index in [2.05, 4.69) is 123 Å². The zero-order valence-electron chi connectivity index (χ0n) is 53.2. The van der Waals surface area contributed by atoms with Crippen LogP contribution >= 0.6 is 7.82 Å². The average molecular weight is 1150 g/mol. The van der Waals surface area contributed by atoms with Gasteiger partial charge in [0.2, 0.25) is 5.91 Å². The van der Waals surface area contributed by atoms with Gasteiger partial charge in [-0.3, -0.25) is 18.6 Å². The highest BCUT2D eigenvalue weighted by Crippen LogP contribution is 2.43. The number of phosphoric ester groups is 1. The maximum absolute atomic E-state index is 13.6. The van der Waals surface area contributed by atoms with E-state index in [1.807, 2.05) is 33.3 Å². The molecule has 0 radical (unpaired) electrons. The number of hydrogen-bond acceptors (Lipinski definition) is 6. The van der Waals surface area contributed by atoms with Crippen molar-refractivity contribution < 1.29 is 37.3 Å². The van der Waals surface area contributed by atoms with Crippen LogP contribution in [0.5, 0.6) is 0 Å². The second kappa shape index (κ2) is 59.8. The smallest absolute Gasteiger partial charge is 0.456 e. The molecule has 0 fully saturated rings. The molecule has 0 bridgehead atoms. The van der Waals surface area contributed by atoms with E-state index >= 15 is 0 Å². The molecule has 0 spiro atoms. The Labute approximate surface area is 500 Å². The number of nitrogens with zero attached hydrogens (tertiary/aromatic N) is 1. The normalized spacial score (nSPS) is 14.3. The van der Waals surface area contributed by atoms with Gasteiger partial charge in [0.1, 0.15) is 19.3 Å². The lowest BCUT2D eigenvalue weighted by Crippen LogP contribution is -2.47. The molecular weight excluding hydrogens is 1020 g/mol. The largest absolute Gasteiger partial charge is 0.472 e. The summed E-state index contributed by atoms with van der Waals surface area (Å²) in [6, 6.07) is -0.868. The van der Waals surface area contributed by atoms with Gasteiger partial charge < -0.3 is 19.4 Å². The Kier molecular flexibility index (Phi) is 57.4. The van der Waals surface area contributed by atoms with Gasteiger partial charge in [-0.15, -0.1) is 0 Å². The van der Waals surface area contributed by atoms with Gasteiger partial charge >= 0.3 is 13.8 Å². The van der Waals surface area contributed by atoms with Crippen LogP contribution in [-0.2, 0) is 27.9 Å². The highest BCUT2D eigenvalue weighted by Gasteiger charge is 2.30. The van der Waals surface area contributed by atoms with Crippen molar-refractivity contribution in [3.63, 3.8) is 0 Å². The molecule has 3 unspecified atom stereocenters. The lowest BCUT2D eigenvalue weighted by atomic mass is 10.0. The van der Waals surface area contributed by atoms with Crippen LogP contribution in [0.15, 0.2) is 109 Å². The van der Waals surface area contributed by atoms with Gasteiger partial charge in [-0.2, -0.15) is 0 Å². The van der Waals surface area contributed by atoms with E-state index in [9.17, 15) is 19.0 Å². The predicted molar refractivity (Wildman–Crippen MR) is 350 cm³/mol. The van der Waals surface area contributed by atoms with E-state index in [1.54, 1.807) is 0 Å². The van der Waals surface area contributed by atoms with Crippen LogP contribution < -0.4 is 5.32 Å². The molecule has 0 saturated heterocycles. The van der Waals surface area contributed by atoms with Crippen molar-refractivity contribution in [1.29, 1.82) is 0 Å². The second-order valence-corrected chi connectivity index (χ2v) is 24.7. The summed E-state index contributed by atoms with van der Waals surface area (Å²) in [6.45, 7) is 6.86. The maximum atomic E-state index is 13.6. The van der Waals surface area contributed by atoms with Crippen molar-refractivity contribution >= 4 is 19.7 Å². The Bertz CT molecular complexity index is 1750. The summed E-state index contributed by atoms with van der Waals surface area (Å²) >= 11 is 0. The fraction of sp³-hybridized carbons (Fsp3) is 0.718. The first-order chi connectivity index (χ1) is 39.4. The molecule has 0 saturated carbocycles. The van der Waals surface area contributed by atoms with Crippen molar-refractivity contribution in [2.24, 2.45) is 0 Å². The highest BCUT2D eigenvalue weighted by atomic mass is 31.2. The van der Waals surface area contributed by atoms with E-state index in [-0.39, 0.29) is 31.5 Å². The number of carbonyl (C=O) groups excluding carboxylic acids is 2. The van der Waals surface area contributed by atoms with Gasteiger partial charge in [-0.05, 0) is 115 Å². The Morgan fingerprint density at radius 2 is 0.790 bits per heavy atom. The molecule has 0 rings (SSSR count). The first-order valence-electron chi connectivity index (χ1n) is 33.2. The molecule has 10 heteroatoms. The minimum atomic E-state index is -4.47. The molecular formula is C71H126N2O7P+. The molecule has 9 nitrogen and oxygen atoms in total. The van der Waals surface area contributed by atoms with Crippen LogP contribution in [0.3, 0.4) is 0 Å². The number of phosphoric acid groups is 1. The number of likely N-dealkylation sites (N-methyl/N-ethyl adjacent to an activating group) is 1. The number of esters is 1. The number of amides is 1. The Morgan fingerprint density at radius 3 is 1.21 bits per heavy atom. The van der Waals surface area contributed by atoms with E-state index in [1.165, 1.54) is 109 Å². The molecule has 0 aliphatic heterocycles. The third kappa shape index (κ3) is 61.1. The topological polar surface area (TPSA) is 111 Å². The molecule has 3 atom stereocenters. The van der Waals surface area contributed by atoms with Crippen LogP contribution in [-0.4, -0.2) is 74.3 Å². The molecule has 1 amide bonds. The van der Waals surface area contributed by atoms with E-state index in [0.717, 1.165) is 128 Å². The number of unbranched alkanes of at least 4 members (excludes halogenated alkanes) is 27. The molecule has 0 aromatic carbocycles. The van der Waals surface area contributed by atoms with Gasteiger partial charge in [0.05, 0.1) is 33.8 Å². The minimum absolute atomic E-state index is 0.0300. The number of quaternary nitrogens is 1. The summed E-state index contributed by atoms with van der Waals surface area (Å²) in [5, 5.41) is 3.06. The van der Waals surface area contributed by atoms with Crippen LogP contribution in [0.1, 0.15) is 278 Å². The molecule has 0 aromatic rings. The summed E-state index contributed by atoms with van der Waals surface area (Å²) in [4.78, 5) is 37.8. The van der Waals surface area contributed by atoms with Crippen molar-refractivity contribution in [2.45, 2.75) is 290 Å². The average Bonchev–Trinajstić information content (AvgIpc) is 3.44. The van der Waals surface area contributed by atoms with Crippen molar-refractivity contribution in [3.05, 3.63) is 109 Å². The second-order valence-electron chi connectivity index (χ2n) is 23.3. The Morgan fingerprint density at radius 1 is 0.444 bits per heavy atom. The first-order valence-corrected chi connectivity index (χ1v) is 34.7. The summed E-state index contributed by atoms with van der Waals surface area (Å²) in [5.74, 6) is -0.537. The van der Waals surface area contributed by atoms with Crippen LogP contribution in [0.2, 0.25) is 0 Å². The minimum Gasteiger partial charge on any atom is -0.456 e. The summed E-state index contributed by atoms with van der Waals surface area (Å²) in [6.07, 6.45) is 82.2. The number of allylic oxidation sites excluding steroid dienone is 17. The number of rotatable bonds is 59. The lowest BCUT2D eigenvalue weighted by Gasteiger charge is -2.27. The maximum Gasteiger partial charge on any atom is 0.472 e. The van der Waals surface area contributed by atoms with Crippen LogP contribution in [0.25, 0.3) is 0 Å². The number of hydrogen-bond donors (Lipinski definition) is 2. The zero-order chi connectivity index (χ0) is 59.3. The van der Waals surface area contributed by atoms with Gasteiger partial charge in [0.15, 0.2) is 0 Å². The third-order valence-electron chi connectivity index (χ3n) is 14.2. The van der Waals surface area contributed by atoms with Crippen molar-refractivity contribution in [1.82, 2.24) is 5.32 Å². The molecule has 0 aliphatic carbocycles. The fourth-order valence-corrected chi connectivity index (χ4v) is 9.83. The van der Waals surface area contributed by atoms with Crippen molar-refractivity contribution in [2.75, 3.05) is 40.9 Å². The monoisotopic (exact) mass is 1150 g/mol. The lowest BCUT2D eigenvalue weighted by molar-refractivity contribution is -0.870. The van der Waals surface area contributed by atoms with E-state index in [0.29, 0.717) is 23.9 Å². The quantitative estimate of drug-likeness (QED) is 0.0205. The number of carbonyl (C=O) groups is 2. The van der Waals surface area contributed by atoms with Gasteiger partial charge in [0.25, 0.3) is 0 Å². The zero-order valence-corrected chi connectivity index (χ0v) is 54.1. The summed E-state index contributed by atoms with van der Waals surface area (Å²) < 4.78 is 30.8. The van der Waals surface area contributed by atoms with Gasteiger partial charge in [0, 0.05) is 12.8 Å². The molecule has 81 heavy (non-hydrogen) atoms. The third-order valence-corrected chi connectivity index (χ3v) is 15.2. The van der Waals surface area contributed by atoms with Gasteiger partial charge in [-0.25, -0.2) is 4.57 Å². The first kappa shape index (κ1) is 77.7. The number of nitrogens with one attached hydrogen (secondary N) is 1. The van der Waals surface area contributed by atoms with Crippen LogP contribution in [0.4, 0.5) is 0 Å². The molecule has 0 aromatic heterocycles. The summed E-state index contributed by atoms with van der Waals surface area (Å²) in [5.41, 5.74) is 0. The summed E-state index contributed by atoms with van der Waals surface area (Å²) in [7, 11) is 1.47. The predicted octanol–water partition coefficient (Wildman–Crippen LogP) is 20.9. The Hall–Kier alpha value is -3.33. The van der Waals surface area contributed by atoms with Crippen molar-refractivity contribution in [3.8, 4) is 0 Å². The van der Waals surface area contributed by atoms with E-state index < -0.39 is 20.0 Å². The Balaban J connectivity index is 5.28. The SMILES string of the molecule is CC/C=C\C/C=C\C/C=C\C/C=C\C/C=C\CCCCCCCC(=O)OC(/C=C/CCCCCCCCCCCCC)C(COP(=O)(O)OCC[N+](C)(C)C)NC(=O)CCCCCCCCCC/C=C\C/C=C\C/C=C\CCCCC. The molecule has 466 valence electrons. The van der Waals surface area contributed by atoms with E-state index in [4.69, 9.17) is 13.8 Å². The fourth-order valence-electron chi connectivity index (χ4n) is 9.09. The highest BCUT2D eigenvalue weighted by molar-refractivity contribution is 7.47. The number of ether oxygens (including phenoxy) is 1.